The van der Waals surface area contributed by atoms with Crippen molar-refractivity contribution in [2.24, 2.45) is 11.8 Å². The number of aromatic nitrogens is 2. The fraction of sp³-hybridized carbons (Fsp3) is 0.609. The van der Waals surface area contributed by atoms with Crippen molar-refractivity contribution in [3.8, 4) is 10.4 Å². The summed E-state index contributed by atoms with van der Waals surface area (Å²) in [4.78, 5) is 4.47. The largest absolute Gasteiger partial charge is 0.173 e. The zero-order chi connectivity index (χ0) is 37.0. The van der Waals surface area contributed by atoms with E-state index in [2.05, 4.69) is 104 Å². The minimum Gasteiger partial charge on any atom is -0.173 e. The van der Waals surface area contributed by atoms with Crippen molar-refractivity contribution in [2.45, 2.75) is 169 Å². The van der Waals surface area contributed by atoms with Gasteiger partial charge in [-0.05, 0) is 59.3 Å². The molecule has 0 fully saturated rings. The summed E-state index contributed by atoms with van der Waals surface area (Å²) in [6, 6.07) is 12.4. The van der Waals surface area contributed by atoms with Gasteiger partial charge in [0.1, 0.15) is 11.0 Å². The minimum absolute atomic E-state index is 0.0247. The molecule has 4 aromatic heterocycles. The van der Waals surface area contributed by atoms with Gasteiger partial charge in [0.15, 0.2) is 0 Å². The Kier molecular flexibility index (Phi) is 13.6. The van der Waals surface area contributed by atoms with Crippen LogP contribution in [0.3, 0.4) is 0 Å². The maximum absolute atomic E-state index is 4.89. The Morgan fingerprint density at radius 3 is 1.88 bits per heavy atom. The molecule has 0 aliphatic rings. The van der Waals surface area contributed by atoms with Gasteiger partial charge in [-0.15, -0.1) is 34.0 Å². The molecule has 2 aromatic carbocycles. The Hall–Kier alpha value is -1.86. The van der Waals surface area contributed by atoms with Gasteiger partial charge in [-0.2, -0.15) is 8.75 Å². The molecule has 3 atom stereocenters. The standard InChI is InChI=1S/C46H64N2S4/c1-10-13-15-17-19-20-22-30(6)40(31(12-3)23-21-18-16-14-11-2)39-27-33-34-26-38(32-24-25-36(46(7,8)9)42-41(32)47-52-48-42)50-44(34)45-35(43(33)51-39)28-37(49-45)29(4)5/h24-31,40H,10-23H2,1-9H3. The van der Waals surface area contributed by atoms with Crippen LogP contribution >= 0.6 is 45.7 Å². The average Bonchev–Trinajstić information content (AvgIpc) is 3.92. The van der Waals surface area contributed by atoms with E-state index in [4.69, 9.17) is 8.75 Å². The lowest BCUT2D eigenvalue weighted by molar-refractivity contribution is 0.279. The molecule has 2 nitrogen and oxygen atoms in total. The topological polar surface area (TPSA) is 25.8 Å². The lowest BCUT2D eigenvalue weighted by atomic mass is 9.75. The lowest BCUT2D eigenvalue weighted by Crippen LogP contribution is -2.19. The van der Waals surface area contributed by atoms with Crippen molar-refractivity contribution < 1.29 is 0 Å². The van der Waals surface area contributed by atoms with Crippen LogP contribution in [0.15, 0.2) is 30.3 Å². The van der Waals surface area contributed by atoms with E-state index < -0.39 is 0 Å². The Labute approximate surface area is 331 Å². The Balaban J connectivity index is 1.46. The maximum atomic E-state index is 4.89. The first kappa shape index (κ1) is 39.8. The molecule has 0 N–H and O–H groups in total. The van der Waals surface area contributed by atoms with Gasteiger partial charge in [-0.3, -0.25) is 0 Å². The minimum atomic E-state index is 0.0247. The van der Waals surface area contributed by atoms with E-state index in [0.29, 0.717) is 17.8 Å². The number of hydrogen-bond donors (Lipinski definition) is 0. The van der Waals surface area contributed by atoms with Crippen molar-refractivity contribution in [2.75, 3.05) is 0 Å². The number of unbranched alkanes of at least 4 members (excludes halogenated alkanes) is 9. The van der Waals surface area contributed by atoms with E-state index >= 15 is 0 Å². The normalized spacial score (nSPS) is 14.5. The lowest BCUT2D eigenvalue weighted by Gasteiger charge is -2.31. The summed E-state index contributed by atoms with van der Waals surface area (Å²) in [5.41, 5.74) is 4.67. The number of benzene rings is 2. The first-order valence-corrected chi connectivity index (χ1v) is 23.9. The molecule has 3 unspecified atom stereocenters. The summed E-state index contributed by atoms with van der Waals surface area (Å²) in [6.45, 7) is 21.3. The van der Waals surface area contributed by atoms with Crippen molar-refractivity contribution in [3.05, 3.63) is 45.6 Å². The molecule has 0 saturated heterocycles. The van der Waals surface area contributed by atoms with Crippen molar-refractivity contribution in [1.29, 1.82) is 0 Å². The molecule has 0 radical (unpaired) electrons. The van der Waals surface area contributed by atoms with Crippen LogP contribution in [0.25, 0.3) is 51.7 Å². The van der Waals surface area contributed by atoms with Crippen LogP contribution in [0.2, 0.25) is 0 Å². The zero-order valence-corrected chi connectivity index (χ0v) is 36.9. The molecule has 0 aliphatic carbocycles. The smallest absolute Gasteiger partial charge is 0.113 e. The predicted molar refractivity (Wildman–Crippen MR) is 239 cm³/mol. The highest BCUT2D eigenvalue weighted by Gasteiger charge is 2.30. The van der Waals surface area contributed by atoms with Gasteiger partial charge in [0.05, 0.1) is 21.1 Å². The van der Waals surface area contributed by atoms with Gasteiger partial charge < -0.3 is 0 Å². The maximum Gasteiger partial charge on any atom is 0.113 e. The quantitative estimate of drug-likeness (QED) is 0.0766. The highest BCUT2D eigenvalue weighted by molar-refractivity contribution is 7.30. The van der Waals surface area contributed by atoms with Gasteiger partial charge >= 0.3 is 0 Å². The van der Waals surface area contributed by atoms with Gasteiger partial charge in [0.2, 0.25) is 0 Å². The third-order valence-corrected chi connectivity index (χ3v) is 16.3. The first-order chi connectivity index (χ1) is 25.1. The molecule has 6 rings (SSSR count). The summed E-state index contributed by atoms with van der Waals surface area (Å²) in [5, 5.41) is 4.40. The Morgan fingerprint density at radius 1 is 0.615 bits per heavy atom. The number of hydrogen-bond acceptors (Lipinski definition) is 6. The molecule has 0 saturated carbocycles. The van der Waals surface area contributed by atoms with E-state index in [0.717, 1.165) is 17.0 Å². The van der Waals surface area contributed by atoms with E-state index in [9.17, 15) is 0 Å². The summed E-state index contributed by atoms with van der Waals surface area (Å²) in [7, 11) is 0. The van der Waals surface area contributed by atoms with Gasteiger partial charge in [-0.25, -0.2) is 0 Å². The van der Waals surface area contributed by atoms with E-state index in [-0.39, 0.29) is 5.41 Å². The summed E-state index contributed by atoms with van der Waals surface area (Å²) >= 11 is 7.51. The number of thiophene rings is 3. The molecule has 6 heteroatoms. The van der Waals surface area contributed by atoms with E-state index in [1.807, 2.05) is 22.7 Å². The van der Waals surface area contributed by atoms with Gasteiger partial charge in [0, 0.05) is 41.1 Å². The number of fused-ring (bicyclic) bond motifs is 7. The van der Waals surface area contributed by atoms with Crippen LogP contribution in [0.1, 0.15) is 179 Å². The summed E-state index contributed by atoms with van der Waals surface area (Å²) < 4.78 is 14.2. The fourth-order valence-electron chi connectivity index (χ4n) is 8.62. The SMILES string of the molecule is CCCCCCCCC(C)C(c1cc2c3cc(-c4ccc(C(C)(C)C)c5nsnc45)sc3c3sc(C(C)C)cc3c2s1)C(CC)CCCCCCC. The van der Waals surface area contributed by atoms with Crippen LogP contribution in [0.5, 0.6) is 0 Å². The van der Waals surface area contributed by atoms with Crippen molar-refractivity contribution in [1.82, 2.24) is 8.75 Å². The van der Waals surface area contributed by atoms with E-state index in [1.165, 1.54) is 153 Å². The molecule has 0 aliphatic heterocycles. The van der Waals surface area contributed by atoms with Crippen LogP contribution in [0.4, 0.5) is 0 Å². The second kappa shape index (κ2) is 17.7. The highest BCUT2D eigenvalue weighted by Crippen LogP contribution is 2.52. The van der Waals surface area contributed by atoms with Crippen LogP contribution in [-0.2, 0) is 5.41 Å². The van der Waals surface area contributed by atoms with Crippen LogP contribution < -0.4 is 0 Å². The third-order valence-electron chi connectivity index (χ3n) is 11.7. The summed E-state index contributed by atoms with van der Waals surface area (Å²) in [5.74, 6) is 2.59. The third kappa shape index (κ3) is 8.51. The molecular formula is C46H64N2S4. The summed E-state index contributed by atoms with van der Waals surface area (Å²) in [6.07, 6.45) is 19.1. The van der Waals surface area contributed by atoms with Gasteiger partial charge in [0.25, 0.3) is 0 Å². The monoisotopic (exact) mass is 772 g/mol. The zero-order valence-electron chi connectivity index (χ0n) is 33.6. The molecule has 0 bridgehead atoms. The molecule has 6 aromatic rings. The highest BCUT2D eigenvalue weighted by atomic mass is 32.1. The molecule has 52 heavy (non-hydrogen) atoms. The van der Waals surface area contributed by atoms with Crippen LogP contribution in [-0.4, -0.2) is 8.75 Å². The average molecular weight is 773 g/mol. The second-order valence-corrected chi connectivity index (χ2v) is 20.8. The molecule has 0 amide bonds. The van der Waals surface area contributed by atoms with Gasteiger partial charge in [-0.1, -0.05) is 158 Å². The molecule has 0 spiro atoms. The number of nitrogens with zero attached hydrogens (tertiary/aromatic N) is 2. The van der Waals surface area contributed by atoms with Crippen LogP contribution in [0, 0.1) is 11.8 Å². The molecular weight excluding hydrogens is 709 g/mol. The first-order valence-electron chi connectivity index (χ1n) is 20.8. The van der Waals surface area contributed by atoms with Crippen molar-refractivity contribution in [3.63, 3.8) is 0 Å². The number of rotatable bonds is 19. The second-order valence-electron chi connectivity index (χ2n) is 17.1. The molecule has 282 valence electrons. The van der Waals surface area contributed by atoms with E-state index in [1.54, 1.807) is 4.88 Å². The Morgan fingerprint density at radius 2 is 1.21 bits per heavy atom. The fourth-order valence-corrected chi connectivity index (χ4v) is 13.3. The predicted octanol–water partition coefficient (Wildman–Crippen LogP) is 17.3. The Bertz CT molecular complexity index is 2050. The molecule has 4 heterocycles. The van der Waals surface area contributed by atoms with Crippen molar-refractivity contribution >= 4 is 87.0 Å².